The number of nitrogens with zero attached hydrogens (tertiary/aromatic N) is 5. The standard InChI is InChI=1S/C22H27ClN4O.C11H14ClN3/c1-22(2,3)15-6-8-16(9-7-15)25-21(28)26-13-17-10-11-18(14-26)27(17)20-19(23)5-4-12-24-20;12-10-2-1-5-14-11(10)15-8-3-4-9(15)7-13-6-8/h4-9,12,17-18H,10-11,13-14H2,1-3H3,(H,25,28);1-2,5,8-9,13H,3-4,6-7H2. The minimum absolute atomic E-state index is 0.0350. The van der Waals surface area contributed by atoms with Gasteiger partial charge in [-0.2, -0.15) is 0 Å². The molecular weight excluding hydrogens is 581 g/mol. The van der Waals surface area contributed by atoms with E-state index in [9.17, 15) is 4.79 Å². The molecule has 8 nitrogen and oxygen atoms in total. The van der Waals surface area contributed by atoms with Gasteiger partial charge in [0.1, 0.15) is 11.6 Å². The molecule has 1 aromatic carbocycles. The number of hydrogen-bond donors (Lipinski definition) is 2. The molecule has 0 aliphatic carbocycles. The number of piperazine rings is 2. The fourth-order valence-corrected chi connectivity index (χ4v) is 7.37. The van der Waals surface area contributed by atoms with Gasteiger partial charge in [-0.1, -0.05) is 56.1 Å². The first-order valence-electron chi connectivity index (χ1n) is 15.3. The number of anilines is 3. The summed E-state index contributed by atoms with van der Waals surface area (Å²) in [7, 11) is 0. The van der Waals surface area contributed by atoms with Crippen molar-refractivity contribution in [1.82, 2.24) is 20.2 Å². The van der Waals surface area contributed by atoms with E-state index < -0.39 is 0 Å². The van der Waals surface area contributed by atoms with E-state index in [1.54, 1.807) is 6.20 Å². The molecule has 2 aromatic heterocycles. The molecule has 4 unspecified atom stereocenters. The SMILES string of the molecule is CC(C)(C)c1ccc(NC(=O)N2CC3CCC(C2)N3c2ncccc2Cl)cc1.Clc1cccnc1N1C2CCC1CNC2. The van der Waals surface area contributed by atoms with Crippen LogP contribution in [0.3, 0.4) is 0 Å². The highest BCUT2D eigenvalue weighted by atomic mass is 35.5. The van der Waals surface area contributed by atoms with Crippen LogP contribution in [0.4, 0.5) is 22.1 Å². The molecule has 4 aliphatic rings. The van der Waals surface area contributed by atoms with Gasteiger partial charge in [0, 0.05) is 68.4 Å². The minimum atomic E-state index is -0.0350. The van der Waals surface area contributed by atoms with Gasteiger partial charge in [0.05, 0.1) is 10.0 Å². The molecule has 43 heavy (non-hydrogen) atoms. The van der Waals surface area contributed by atoms with E-state index in [2.05, 4.69) is 63.3 Å². The number of aromatic nitrogens is 2. The number of pyridine rings is 2. The van der Waals surface area contributed by atoms with Crippen LogP contribution in [-0.2, 0) is 5.41 Å². The largest absolute Gasteiger partial charge is 0.347 e. The summed E-state index contributed by atoms with van der Waals surface area (Å²) in [6.45, 7) is 10.1. The molecule has 7 rings (SSSR count). The second kappa shape index (κ2) is 12.5. The van der Waals surface area contributed by atoms with Gasteiger partial charge < -0.3 is 25.3 Å². The lowest BCUT2D eigenvalue weighted by Crippen LogP contribution is -2.56. The zero-order valence-corrected chi connectivity index (χ0v) is 26.7. The Morgan fingerprint density at radius 2 is 1.28 bits per heavy atom. The van der Waals surface area contributed by atoms with E-state index >= 15 is 0 Å². The molecule has 228 valence electrons. The van der Waals surface area contributed by atoms with E-state index in [0.717, 1.165) is 48.3 Å². The van der Waals surface area contributed by atoms with Crippen molar-refractivity contribution in [2.45, 2.75) is 76.0 Å². The predicted molar refractivity (Wildman–Crippen MR) is 176 cm³/mol. The second-order valence-electron chi connectivity index (χ2n) is 13.0. The number of carbonyl (C=O) groups is 1. The minimum Gasteiger partial charge on any atom is -0.347 e. The summed E-state index contributed by atoms with van der Waals surface area (Å²) < 4.78 is 0. The maximum Gasteiger partial charge on any atom is 0.321 e. The Balaban J connectivity index is 0.000000183. The van der Waals surface area contributed by atoms with Gasteiger partial charge >= 0.3 is 6.03 Å². The monoisotopic (exact) mass is 621 g/mol. The van der Waals surface area contributed by atoms with Crippen molar-refractivity contribution in [3.05, 3.63) is 76.5 Å². The molecule has 3 aromatic rings. The Hall–Kier alpha value is -3.07. The Labute approximate surface area is 264 Å². The second-order valence-corrected chi connectivity index (χ2v) is 13.8. The lowest BCUT2D eigenvalue weighted by atomic mass is 9.87. The van der Waals surface area contributed by atoms with E-state index in [1.807, 2.05) is 47.5 Å². The third-order valence-corrected chi connectivity index (χ3v) is 9.71. The van der Waals surface area contributed by atoms with E-state index in [1.165, 1.54) is 18.4 Å². The number of rotatable bonds is 3. The van der Waals surface area contributed by atoms with E-state index in [-0.39, 0.29) is 23.5 Å². The van der Waals surface area contributed by atoms with Crippen LogP contribution in [0.15, 0.2) is 60.9 Å². The fourth-order valence-electron chi connectivity index (χ4n) is 6.93. The van der Waals surface area contributed by atoms with Crippen LogP contribution < -0.4 is 20.4 Å². The van der Waals surface area contributed by atoms with Gasteiger partial charge in [0.2, 0.25) is 0 Å². The van der Waals surface area contributed by atoms with Gasteiger partial charge in [0.15, 0.2) is 0 Å². The van der Waals surface area contributed by atoms with Crippen LogP contribution in [0.2, 0.25) is 10.0 Å². The van der Waals surface area contributed by atoms with Crippen molar-refractivity contribution in [1.29, 1.82) is 0 Å². The summed E-state index contributed by atoms with van der Waals surface area (Å²) in [4.78, 5) is 28.4. The van der Waals surface area contributed by atoms with E-state index in [4.69, 9.17) is 23.2 Å². The fraction of sp³-hybridized carbons (Fsp3) is 0.485. The lowest BCUT2D eigenvalue weighted by Gasteiger charge is -2.41. The van der Waals surface area contributed by atoms with Crippen molar-refractivity contribution in [3.8, 4) is 0 Å². The van der Waals surface area contributed by atoms with Gasteiger partial charge in [-0.15, -0.1) is 0 Å². The predicted octanol–water partition coefficient (Wildman–Crippen LogP) is 6.59. The first kappa shape index (κ1) is 30.0. The molecule has 4 aliphatic heterocycles. The van der Waals surface area contributed by atoms with Crippen molar-refractivity contribution in [2.75, 3.05) is 41.3 Å². The Bertz CT molecular complexity index is 1400. The molecule has 0 saturated carbocycles. The molecule has 6 heterocycles. The number of amides is 2. The molecule has 10 heteroatoms. The van der Waals surface area contributed by atoms with Gasteiger partial charge in [0.25, 0.3) is 0 Å². The Kier molecular flexibility index (Phi) is 8.72. The summed E-state index contributed by atoms with van der Waals surface area (Å²) in [6.07, 6.45) is 8.22. The highest BCUT2D eigenvalue weighted by Gasteiger charge is 2.43. The smallest absolute Gasteiger partial charge is 0.321 e. The molecule has 4 atom stereocenters. The third kappa shape index (κ3) is 6.42. The number of likely N-dealkylation sites (tertiary alicyclic amines) is 1. The molecule has 4 bridgehead atoms. The highest BCUT2D eigenvalue weighted by Crippen LogP contribution is 2.37. The van der Waals surface area contributed by atoms with Crippen LogP contribution in [-0.4, -0.2) is 71.2 Å². The number of carbonyl (C=O) groups excluding carboxylic acids is 1. The zero-order chi connectivity index (χ0) is 30.1. The van der Waals surface area contributed by atoms with Gasteiger partial charge in [-0.25, -0.2) is 14.8 Å². The summed E-state index contributed by atoms with van der Waals surface area (Å²) in [5, 5.41) is 7.96. The van der Waals surface area contributed by atoms with Crippen LogP contribution in [0.5, 0.6) is 0 Å². The highest BCUT2D eigenvalue weighted by molar-refractivity contribution is 6.33. The summed E-state index contributed by atoms with van der Waals surface area (Å²) >= 11 is 12.6. The number of fused-ring (bicyclic) bond motifs is 4. The Morgan fingerprint density at radius 3 is 1.77 bits per heavy atom. The van der Waals surface area contributed by atoms with Crippen molar-refractivity contribution in [2.24, 2.45) is 0 Å². The molecule has 2 amide bonds. The van der Waals surface area contributed by atoms with Crippen molar-refractivity contribution in [3.63, 3.8) is 0 Å². The van der Waals surface area contributed by atoms with Gasteiger partial charge in [-0.05, 0) is 73.1 Å². The normalized spacial score (nSPS) is 24.4. The number of urea groups is 1. The number of hydrogen-bond acceptors (Lipinski definition) is 6. The first-order chi connectivity index (χ1) is 20.7. The quantitative estimate of drug-likeness (QED) is 0.343. The average molecular weight is 623 g/mol. The van der Waals surface area contributed by atoms with Crippen LogP contribution in [0, 0.1) is 0 Å². The molecule has 4 saturated heterocycles. The molecule has 0 radical (unpaired) electrons. The Morgan fingerprint density at radius 1 is 0.791 bits per heavy atom. The topological polar surface area (TPSA) is 76.6 Å². The lowest BCUT2D eigenvalue weighted by molar-refractivity contribution is 0.197. The average Bonchev–Trinajstić information content (AvgIpc) is 3.38. The number of halogens is 2. The zero-order valence-electron chi connectivity index (χ0n) is 25.1. The summed E-state index contributed by atoms with van der Waals surface area (Å²) in [5.74, 6) is 1.81. The molecular formula is C33H41Cl2N7O. The maximum atomic E-state index is 12.8. The first-order valence-corrected chi connectivity index (χ1v) is 16.1. The summed E-state index contributed by atoms with van der Waals surface area (Å²) in [6, 6.07) is 17.3. The third-order valence-electron chi connectivity index (χ3n) is 9.12. The van der Waals surface area contributed by atoms with Gasteiger partial charge in [-0.3, -0.25) is 0 Å². The molecule has 0 spiro atoms. The molecule has 4 fully saturated rings. The summed E-state index contributed by atoms with van der Waals surface area (Å²) in [5.41, 5.74) is 2.19. The molecule has 2 N–H and O–H groups in total. The van der Waals surface area contributed by atoms with E-state index in [0.29, 0.717) is 30.2 Å². The maximum absolute atomic E-state index is 12.8. The van der Waals surface area contributed by atoms with Crippen molar-refractivity contribution < 1.29 is 4.79 Å². The van der Waals surface area contributed by atoms with Crippen LogP contribution in [0.1, 0.15) is 52.0 Å². The number of benzene rings is 1. The van der Waals surface area contributed by atoms with Crippen LogP contribution in [0.25, 0.3) is 0 Å². The van der Waals surface area contributed by atoms with Crippen LogP contribution >= 0.6 is 23.2 Å². The van der Waals surface area contributed by atoms with Crippen molar-refractivity contribution >= 4 is 46.6 Å². The number of nitrogens with one attached hydrogen (secondary N) is 2.